The van der Waals surface area contributed by atoms with E-state index in [-0.39, 0.29) is 5.91 Å². The molecule has 0 atom stereocenters. The molecule has 0 saturated heterocycles. The summed E-state index contributed by atoms with van der Waals surface area (Å²) >= 11 is 0. The minimum atomic E-state index is 0.0945. The van der Waals surface area contributed by atoms with Gasteiger partial charge in [0.1, 0.15) is 5.82 Å². The maximum atomic E-state index is 11.6. The Morgan fingerprint density at radius 3 is 3.06 bits per heavy atom. The minimum absolute atomic E-state index is 0.0945. The summed E-state index contributed by atoms with van der Waals surface area (Å²) in [7, 11) is 1.92. The van der Waals surface area contributed by atoms with Crippen molar-refractivity contribution in [2.75, 3.05) is 19.3 Å². The predicted octanol–water partition coefficient (Wildman–Crippen LogP) is 0.374. The van der Waals surface area contributed by atoms with Crippen molar-refractivity contribution in [3.8, 4) is 0 Å². The molecule has 17 heavy (non-hydrogen) atoms. The van der Waals surface area contributed by atoms with Crippen LogP contribution in [0.5, 0.6) is 0 Å². The van der Waals surface area contributed by atoms with Crippen LogP contribution in [0.15, 0.2) is 18.3 Å². The minimum Gasteiger partial charge on any atom is -0.384 e. The molecule has 1 fully saturated rings. The van der Waals surface area contributed by atoms with Crippen molar-refractivity contribution in [1.82, 2.24) is 15.2 Å². The van der Waals surface area contributed by atoms with Crippen LogP contribution in [-0.2, 0) is 11.3 Å². The molecule has 0 unspecified atom stereocenters. The molecule has 2 rings (SSSR count). The molecule has 1 heterocycles. The Kier molecular flexibility index (Phi) is 3.58. The Morgan fingerprint density at radius 1 is 1.65 bits per heavy atom. The van der Waals surface area contributed by atoms with E-state index in [1.807, 2.05) is 24.1 Å². The number of rotatable bonds is 5. The molecule has 3 N–H and O–H groups in total. The molecule has 1 aromatic rings. The van der Waals surface area contributed by atoms with Crippen molar-refractivity contribution < 1.29 is 4.79 Å². The Bertz CT molecular complexity index is 403. The summed E-state index contributed by atoms with van der Waals surface area (Å²) in [5.41, 5.74) is 6.67. The fourth-order valence-corrected chi connectivity index (χ4v) is 1.71. The van der Waals surface area contributed by atoms with Gasteiger partial charge in [-0.3, -0.25) is 9.69 Å². The van der Waals surface area contributed by atoms with Gasteiger partial charge >= 0.3 is 0 Å². The zero-order valence-corrected chi connectivity index (χ0v) is 10.0. The summed E-state index contributed by atoms with van der Waals surface area (Å²) in [4.78, 5) is 17.5. The summed E-state index contributed by atoms with van der Waals surface area (Å²) in [6, 6.07) is 4.16. The fraction of sp³-hybridized carbons (Fsp3) is 0.500. The number of nitrogens with two attached hydrogens (primary N) is 1. The van der Waals surface area contributed by atoms with E-state index in [1.165, 1.54) is 0 Å². The lowest BCUT2D eigenvalue weighted by Crippen LogP contribution is -2.35. The van der Waals surface area contributed by atoms with Gasteiger partial charge < -0.3 is 11.1 Å². The van der Waals surface area contributed by atoms with Crippen molar-refractivity contribution in [3.05, 3.63) is 23.9 Å². The van der Waals surface area contributed by atoms with E-state index in [1.54, 1.807) is 6.20 Å². The molecule has 1 amide bonds. The Labute approximate surface area is 101 Å². The molecular formula is C12H18N4O. The van der Waals surface area contributed by atoms with Crippen LogP contribution in [0, 0.1) is 0 Å². The molecule has 0 spiro atoms. The molecule has 92 valence electrons. The number of anilines is 1. The van der Waals surface area contributed by atoms with Crippen molar-refractivity contribution in [2.24, 2.45) is 0 Å². The van der Waals surface area contributed by atoms with Crippen LogP contribution in [0.3, 0.4) is 0 Å². The fourth-order valence-electron chi connectivity index (χ4n) is 1.71. The second-order valence-corrected chi connectivity index (χ2v) is 4.60. The van der Waals surface area contributed by atoms with Gasteiger partial charge in [0.05, 0.1) is 6.54 Å². The van der Waals surface area contributed by atoms with Crippen LogP contribution >= 0.6 is 0 Å². The molecule has 0 aliphatic heterocycles. The molecule has 0 aromatic carbocycles. The van der Waals surface area contributed by atoms with E-state index in [2.05, 4.69) is 10.3 Å². The topological polar surface area (TPSA) is 71.2 Å². The van der Waals surface area contributed by atoms with E-state index in [0.717, 1.165) is 18.4 Å². The average molecular weight is 234 g/mol. The van der Waals surface area contributed by atoms with E-state index < -0.39 is 0 Å². The van der Waals surface area contributed by atoms with Gasteiger partial charge in [0.15, 0.2) is 0 Å². The second-order valence-electron chi connectivity index (χ2n) is 4.60. The van der Waals surface area contributed by atoms with Crippen LogP contribution < -0.4 is 11.1 Å². The number of hydrogen-bond donors (Lipinski definition) is 2. The molecule has 1 aliphatic carbocycles. The summed E-state index contributed by atoms with van der Waals surface area (Å²) in [5.74, 6) is 0.607. The molecule has 0 radical (unpaired) electrons. The lowest BCUT2D eigenvalue weighted by Gasteiger charge is -2.16. The SMILES string of the molecule is CN(CC(=O)NC1CC1)Cc1ccnc(N)c1. The van der Waals surface area contributed by atoms with E-state index in [9.17, 15) is 4.79 Å². The first kappa shape index (κ1) is 11.9. The zero-order chi connectivity index (χ0) is 12.3. The molecule has 0 bridgehead atoms. The highest BCUT2D eigenvalue weighted by atomic mass is 16.2. The molecule has 1 saturated carbocycles. The molecule has 5 nitrogen and oxygen atoms in total. The van der Waals surface area contributed by atoms with Crippen molar-refractivity contribution in [2.45, 2.75) is 25.4 Å². The van der Waals surface area contributed by atoms with Gasteiger partial charge in [0.2, 0.25) is 5.91 Å². The first-order valence-electron chi connectivity index (χ1n) is 5.82. The highest BCUT2D eigenvalue weighted by molar-refractivity contribution is 5.78. The van der Waals surface area contributed by atoms with E-state index >= 15 is 0 Å². The number of hydrogen-bond acceptors (Lipinski definition) is 4. The molecule has 5 heteroatoms. The number of aromatic nitrogens is 1. The maximum absolute atomic E-state index is 11.6. The first-order valence-corrected chi connectivity index (χ1v) is 5.82. The van der Waals surface area contributed by atoms with Gasteiger partial charge in [-0.05, 0) is 37.6 Å². The summed E-state index contributed by atoms with van der Waals surface area (Å²) in [6.07, 6.45) is 3.93. The highest BCUT2D eigenvalue weighted by Crippen LogP contribution is 2.18. The average Bonchev–Trinajstić information content (AvgIpc) is 3.00. The van der Waals surface area contributed by atoms with Crippen LogP contribution in [-0.4, -0.2) is 35.4 Å². The third-order valence-electron chi connectivity index (χ3n) is 2.65. The van der Waals surface area contributed by atoms with Gasteiger partial charge in [-0.1, -0.05) is 0 Å². The normalized spacial score (nSPS) is 14.9. The third-order valence-corrected chi connectivity index (χ3v) is 2.65. The third kappa shape index (κ3) is 4.03. The number of nitrogen functional groups attached to an aromatic ring is 1. The predicted molar refractivity (Wildman–Crippen MR) is 66.1 cm³/mol. The number of carbonyl (C=O) groups is 1. The second kappa shape index (κ2) is 5.14. The van der Waals surface area contributed by atoms with Crippen molar-refractivity contribution >= 4 is 11.7 Å². The highest BCUT2D eigenvalue weighted by Gasteiger charge is 2.23. The maximum Gasteiger partial charge on any atom is 0.234 e. The van der Waals surface area contributed by atoms with Crippen molar-refractivity contribution in [1.29, 1.82) is 0 Å². The molecule has 1 aromatic heterocycles. The van der Waals surface area contributed by atoms with E-state index in [0.29, 0.717) is 24.9 Å². The zero-order valence-electron chi connectivity index (χ0n) is 10.0. The Hall–Kier alpha value is -1.62. The number of nitrogens with zero attached hydrogens (tertiary/aromatic N) is 2. The number of nitrogens with one attached hydrogen (secondary N) is 1. The van der Waals surface area contributed by atoms with Gasteiger partial charge in [-0.15, -0.1) is 0 Å². The monoisotopic (exact) mass is 234 g/mol. The molecule has 1 aliphatic rings. The van der Waals surface area contributed by atoms with Crippen LogP contribution in [0.25, 0.3) is 0 Å². The number of pyridine rings is 1. The summed E-state index contributed by atoms with van der Waals surface area (Å²) < 4.78 is 0. The number of likely N-dealkylation sites (N-methyl/N-ethyl adjacent to an activating group) is 1. The van der Waals surface area contributed by atoms with Crippen LogP contribution in [0.2, 0.25) is 0 Å². The van der Waals surface area contributed by atoms with Gasteiger partial charge in [-0.25, -0.2) is 4.98 Å². The first-order chi connectivity index (χ1) is 8.13. The van der Waals surface area contributed by atoms with Crippen LogP contribution in [0.1, 0.15) is 18.4 Å². The smallest absolute Gasteiger partial charge is 0.234 e. The Morgan fingerprint density at radius 2 is 2.41 bits per heavy atom. The van der Waals surface area contributed by atoms with Gasteiger partial charge in [-0.2, -0.15) is 0 Å². The molecular weight excluding hydrogens is 216 g/mol. The number of amides is 1. The quantitative estimate of drug-likeness (QED) is 0.772. The van der Waals surface area contributed by atoms with Gasteiger partial charge in [0, 0.05) is 18.8 Å². The summed E-state index contributed by atoms with van der Waals surface area (Å²) in [5, 5.41) is 2.96. The number of carbonyl (C=O) groups excluding carboxylic acids is 1. The Balaban J connectivity index is 1.79. The lowest BCUT2D eigenvalue weighted by atomic mass is 10.2. The lowest BCUT2D eigenvalue weighted by molar-refractivity contribution is -0.122. The van der Waals surface area contributed by atoms with Crippen molar-refractivity contribution in [3.63, 3.8) is 0 Å². The van der Waals surface area contributed by atoms with E-state index in [4.69, 9.17) is 5.73 Å². The largest absolute Gasteiger partial charge is 0.384 e. The summed E-state index contributed by atoms with van der Waals surface area (Å²) in [6.45, 7) is 1.11. The van der Waals surface area contributed by atoms with Gasteiger partial charge in [0.25, 0.3) is 0 Å². The standard InChI is InChI=1S/C12H18N4O/c1-16(8-12(17)15-10-2-3-10)7-9-4-5-14-11(13)6-9/h4-6,10H,2-3,7-8H2,1H3,(H2,13,14)(H,15,17). The van der Waals surface area contributed by atoms with Crippen LogP contribution in [0.4, 0.5) is 5.82 Å².